The van der Waals surface area contributed by atoms with Gasteiger partial charge in [-0.3, -0.25) is 4.79 Å². The first-order valence-corrected chi connectivity index (χ1v) is 10.3. The van der Waals surface area contributed by atoms with Crippen molar-refractivity contribution >= 4 is 15.9 Å². The van der Waals surface area contributed by atoms with E-state index in [1.165, 1.54) is 6.07 Å². The third-order valence-electron chi connectivity index (χ3n) is 4.54. The fourth-order valence-corrected chi connectivity index (χ4v) is 4.14. The van der Waals surface area contributed by atoms with Crippen LogP contribution < -0.4 is 0 Å². The molecule has 0 amide bonds. The van der Waals surface area contributed by atoms with Gasteiger partial charge in [0, 0.05) is 5.56 Å². The highest BCUT2D eigenvalue weighted by atomic mass is 32.2. The maximum atomic E-state index is 13.1. The first kappa shape index (κ1) is 20.0. The number of hydrogen-bond donors (Lipinski definition) is 0. The first-order valence-electron chi connectivity index (χ1n) is 8.94. The fraction of sp³-hybridized carbons (Fsp3) is 0.174. The van der Waals surface area contributed by atoms with Crippen molar-refractivity contribution in [3.63, 3.8) is 0 Å². The van der Waals surface area contributed by atoms with Crippen LogP contribution in [0.5, 0.6) is 0 Å². The Balaban J connectivity index is 2.03. The molecular weight excluding hydrogens is 372 g/mol. The molecule has 0 heterocycles. The molecule has 144 valence electrons. The molecule has 0 radical (unpaired) electrons. The average Bonchev–Trinajstić information content (AvgIpc) is 2.67. The fourth-order valence-electron chi connectivity index (χ4n) is 2.88. The molecule has 0 bridgehead atoms. The van der Waals surface area contributed by atoms with E-state index >= 15 is 0 Å². The summed E-state index contributed by atoms with van der Waals surface area (Å²) in [5.41, 5.74) is 3.47. The van der Waals surface area contributed by atoms with Gasteiger partial charge in [0.15, 0.2) is 11.9 Å². The van der Waals surface area contributed by atoms with Crippen molar-refractivity contribution in [3.05, 3.63) is 101 Å². The second kappa shape index (κ2) is 8.09. The van der Waals surface area contributed by atoms with Gasteiger partial charge in [-0.2, -0.15) is 8.42 Å². The van der Waals surface area contributed by atoms with Gasteiger partial charge in [-0.05, 0) is 38.0 Å². The van der Waals surface area contributed by atoms with E-state index in [4.69, 9.17) is 4.18 Å². The zero-order valence-electron chi connectivity index (χ0n) is 16.0. The monoisotopic (exact) mass is 394 g/mol. The number of benzene rings is 3. The van der Waals surface area contributed by atoms with Crippen molar-refractivity contribution in [2.24, 2.45) is 0 Å². The van der Waals surface area contributed by atoms with E-state index in [1.54, 1.807) is 49.4 Å². The van der Waals surface area contributed by atoms with E-state index < -0.39 is 22.0 Å². The summed E-state index contributed by atoms with van der Waals surface area (Å²) in [7, 11) is -4.13. The second-order valence-electron chi connectivity index (χ2n) is 6.84. The van der Waals surface area contributed by atoms with Gasteiger partial charge in [-0.25, -0.2) is 4.18 Å². The van der Waals surface area contributed by atoms with Crippen molar-refractivity contribution in [1.82, 2.24) is 0 Å². The summed E-state index contributed by atoms with van der Waals surface area (Å²) in [6, 6.07) is 20.7. The van der Waals surface area contributed by atoms with Crippen LogP contribution >= 0.6 is 0 Å². The number of hydrogen-bond acceptors (Lipinski definition) is 4. The Bertz CT molecular complexity index is 1080. The van der Waals surface area contributed by atoms with Gasteiger partial charge < -0.3 is 0 Å². The minimum atomic E-state index is -4.13. The lowest BCUT2D eigenvalue weighted by molar-refractivity contribution is 0.0801. The van der Waals surface area contributed by atoms with Crippen LogP contribution in [0.4, 0.5) is 0 Å². The lowest BCUT2D eigenvalue weighted by Gasteiger charge is -2.18. The predicted octanol–water partition coefficient (Wildman–Crippen LogP) is 4.94. The minimum absolute atomic E-state index is 0.0591. The lowest BCUT2D eigenvalue weighted by atomic mass is 9.98. The van der Waals surface area contributed by atoms with E-state index in [9.17, 15) is 13.2 Å². The molecule has 0 saturated heterocycles. The molecule has 0 aromatic heterocycles. The molecule has 1 atom stereocenters. The van der Waals surface area contributed by atoms with Crippen molar-refractivity contribution in [2.45, 2.75) is 31.8 Å². The molecule has 3 rings (SSSR count). The first-order chi connectivity index (χ1) is 13.3. The molecule has 28 heavy (non-hydrogen) atoms. The summed E-state index contributed by atoms with van der Waals surface area (Å²) in [5, 5.41) is 0. The Morgan fingerprint density at radius 2 is 1.32 bits per heavy atom. The number of Topliss-reactive ketones (excluding diaryl/α,β-unsaturated/α-hetero) is 1. The molecule has 0 aliphatic carbocycles. The van der Waals surface area contributed by atoms with E-state index in [0.29, 0.717) is 16.7 Å². The van der Waals surface area contributed by atoms with Crippen LogP contribution in [-0.4, -0.2) is 14.2 Å². The topological polar surface area (TPSA) is 60.4 Å². The second-order valence-corrected chi connectivity index (χ2v) is 8.38. The van der Waals surface area contributed by atoms with Crippen molar-refractivity contribution in [3.8, 4) is 0 Å². The van der Waals surface area contributed by atoms with Gasteiger partial charge in [0.2, 0.25) is 0 Å². The maximum Gasteiger partial charge on any atom is 0.298 e. The number of aryl methyl sites for hydroxylation is 3. The van der Waals surface area contributed by atoms with Gasteiger partial charge in [-0.1, -0.05) is 77.9 Å². The number of ketones is 1. The van der Waals surface area contributed by atoms with Gasteiger partial charge in [0.25, 0.3) is 10.1 Å². The molecule has 4 nitrogen and oxygen atoms in total. The van der Waals surface area contributed by atoms with Crippen molar-refractivity contribution < 1.29 is 17.4 Å². The summed E-state index contributed by atoms with van der Waals surface area (Å²) in [6.45, 7) is 5.54. The molecule has 0 saturated carbocycles. The Labute approximate surface area is 165 Å². The Hall–Kier alpha value is -2.76. The third-order valence-corrected chi connectivity index (χ3v) is 5.98. The number of carbonyl (C=O) groups is 1. The lowest BCUT2D eigenvalue weighted by Crippen LogP contribution is -2.21. The van der Waals surface area contributed by atoms with Gasteiger partial charge in [-0.15, -0.1) is 0 Å². The van der Waals surface area contributed by atoms with Crippen LogP contribution in [0.2, 0.25) is 0 Å². The highest BCUT2D eigenvalue weighted by Crippen LogP contribution is 2.29. The molecule has 0 spiro atoms. The van der Waals surface area contributed by atoms with Gasteiger partial charge >= 0.3 is 0 Å². The van der Waals surface area contributed by atoms with E-state index in [2.05, 4.69) is 0 Å². The largest absolute Gasteiger partial charge is 0.298 e. The molecule has 0 N–H and O–H groups in total. The molecule has 5 heteroatoms. The predicted molar refractivity (Wildman–Crippen MR) is 109 cm³/mol. The highest BCUT2D eigenvalue weighted by molar-refractivity contribution is 7.86. The van der Waals surface area contributed by atoms with Crippen LogP contribution in [0.15, 0.2) is 77.7 Å². The van der Waals surface area contributed by atoms with Crippen LogP contribution in [0, 0.1) is 20.8 Å². The van der Waals surface area contributed by atoms with Crippen LogP contribution in [0.3, 0.4) is 0 Å². The molecule has 0 aliphatic rings. The SMILES string of the molecule is Cc1ccc(C(=O)C(OS(=O)(=O)c2ccccc2C)c2ccc(C)cc2)cc1. The average molecular weight is 394 g/mol. The van der Waals surface area contributed by atoms with Crippen molar-refractivity contribution in [1.29, 1.82) is 0 Å². The summed E-state index contributed by atoms with van der Waals surface area (Å²) in [5.74, 6) is -0.402. The molecule has 0 fully saturated rings. The summed E-state index contributed by atoms with van der Waals surface area (Å²) in [4.78, 5) is 13.2. The summed E-state index contributed by atoms with van der Waals surface area (Å²) < 4.78 is 31.3. The number of rotatable bonds is 6. The smallest absolute Gasteiger partial charge is 0.291 e. The molecule has 1 unspecified atom stereocenters. The van der Waals surface area contributed by atoms with Crippen molar-refractivity contribution in [2.75, 3.05) is 0 Å². The minimum Gasteiger partial charge on any atom is -0.291 e. The molecule has 0 aliphatic heterocycles. The quantitative estimate of drug-likeness (QED) is 0.439. The normalized spacial score (nSPS) is 12.5. The molecule has 3 aromatic rings. The third kappa shape index (κ3) is 4.38. The Kier molecular flexibility index (Phi) is 5.77. The van der Waals surface area contributed by atoms with E-state index in [-0.39, 0.29) is 4.90 Å². The molecular formula is C23H22O4S. The summed E-state index contributed by atoms with van der Waals surface area (Å²) in [6.07, 6.45) is -1.26. The van der Waals surface area contributed by atoms with E-state index in [1.807, 2.05) is 38.1 Å². The van der Waals surface area contributed by atoms with Crippen LogP contribution in [0.1, 0.15) is 38.7 Å². The van der Waals surface area contributed by atoms with Crippen LogP contribution in [0.25, 0.3) is 0 Å². The standard InChI is InChI=1S/C23H22O4S/c1-16-8-12-19(13-9-16)22(24)23(20-14-10-17(2)11-15-20)27-28(25,26)21-7-5-4-6-18(21)3/h4-15,23H,1-3H3. The van der Waals surface area contributed by atoms with Gasteiger partial charge in [0.1, 0.15) is 0 Å². The highest BCUT2D eigenvalue weighted by Gasteiger charge is 2.30. The Morgan fingerprint density at radius 1 is 0.786 bits per heavy atom. The van der Waals surface area contributed by atoms with Gasteiger partial charge in [0.05, 0.1) is 4.90 Å². The maximum absolute atomic E-state index is 13.1. The zero-order valence-corrected chi connectivity index (χ0v) is 16.9. The zero-order chi connectivity index (χ0) is 20.3. The van der Waals surface area contributed by atoms with Crippen LogP contribution in [-0.2, 0) is 14.3 Å². The summed E-state index contributed by atoms with van der Waals surface area (Å²) >= 11 is 0. The molecule has 3 aromatic carbocycles. The van der Waals surface area contributed by atoms with E-state index in [0.717, 1.165) is 11.1 Å². The number of carbonyl (C=O) groups excluding carboxylic acids is 1. The Morgan fingerprint density at radius 3 is 1.89 bits per heavy atom.